The van der Waals surface area contributed by atoms with E-state index in [2.05, 4.69) is 51.5 Å². The monoisotopic (exact) mass is 602 g/mol. The van der Waals surface area contributed by atoms with E-state index in [0.29, 0.717) is 30.0 Å². The number of rotatable bonds is 11. The molecule has 226 valence electrons. The number of ether oxygens (including phenoxy) is 1. The second kappa shape index (κ2) is 14.5. The Hall–Kier alpha value is -3.88. The molecule has 0 aromatic heterocycles. The third-order valence-corrected chi connectivity index (χ3v) is 8.54. The Morgan fingerprint density at radius 1 is 0.953 bits per heavy atom. The first kappa shape index (κ1) is 30.6. The second-order valence-electron chi connectivity index (χ2n) is 11.1. The summed E-state index contributed by atoms with van der Waals surface area (Å²) in [7, 11) is 0. The zero-order valence-corrected chi connectivity index (χ0v) is 25.4. The highest BCUT2D eigenvalue weighted by Gasteiger charge is 2.28. The lowest BCUT2D eigenvalue weighted by Gasteiger charge is -2.37. The third kappa shape index (κ3) is 7.94. The lowest BCUT2D eigenvalue weighted by atomic mass is 9.97. The molecule has 1 N–H and O–H groups in total. The van der Waals surface area contributed by atoms with Gasteiger partial charge in [0.15, 0.2) is 0 Å². The lowest BCUT2D eigenvalue weighted by molar-refractivity contribution is -0.147. The molecular formula is C34H39ClN4O4. The summed E-state index contributed by atoms with van der Waals surface area (Å²) >= 11 is 6.31. The van der Waals surface area contributed by atoms with E-state index in [1.807, 2.05) is 30.3 Å². The minimum Gasteiger partial charge on any atom is -0.466 e. The van der Waals surface area contributed by atoms with Crippen molar-refractivity contribution >= 4 is 35.1 Å². The summed E-state index contributed by atoms with van der Waals surface area (Å²) in [5.74, 6) is -1.42. The molecule has 0 unspecified atom stereocenters. The molecule has 2 aliphatic rings. The summed E-state index contributed by atoms with van der Waals surface area (Å²) in [5, 5.41) is 3.41. The van der Waals surface area contributed by atoms with Crippen LogP contribution in [-0.2, 0) is 33.7 Å². The first-order valence-electron chi connectivity index (χ1n) is 15.0. The van der Waals surface area contributed by atoms with Gasteiger partial charge in [-0.1, -0.05) is 66.2 Å². The van der Waals surface area contributed by atoms with Gasteiger partial charge in [-0.3, -0.25) is 19.3 Å². The molecule has 9 heteroatoms. The van der Waals surface area contributed by atoms with Crippen molar-refractivity contribution in [2.24, 2.45) is 5.92 Å². The number of amides is 2. The minimum atomic E-state index is -0.586. The van der Waals surface area contributed by atoms with Crippen molar-refractivity contribution in [1.82, 2.24) is 15.1 Å². The Labute approximate surface area is 258 Å². The number of halogens is 1. The largest absolute Gasteiger partial charge is 0.466 e. The molecule has 0 saturated carbocycles. The third-order valence-electron chi connectivity index (χ3n) is 8.17. The van der Waals surface area contributed by atoms with Gasteiger partial charge in [0, 0.05) is 62.1 Å². The summed E-state index contributed by atoms with van der Waals surface area (Å²) in [6, 6.07) is 24.0. The number of nitrogens with one attached hydrogen (secondary N) is 1. The number of carbonyl (C=O) groups excluding carboxylic acids is 3. The maximum atomic E-state index is 13.5. The molecule has 2 heterocycles. The first-order chi connectivity index (χ1) is 20.9. The number of fused-ring (bicyclic) bond motifs is 1. The summed E-state index contributed by atoms with van der Waals surface area (Å²) in [4.78, 5) is 45.4. The van der Waals surface area contributed by atoms with Gasteiger partial charge in [-0.05, 0) is 54.7 Å². The molecular weight excluding hydrogens is 564 g/mol. The molecule has 2 amide bonds. The number of benzene rings is 3. The van der Waals surface area contributed by atoms with Gasteiger partial charge in [0.05, 0.1) is 19.1 Å². The van der Waals surface area contributed by atoms with Gasteiger partial charge in [-0.15, -0.1) is 0 Å². The summed E-state index contributed by atoms with van der Waals surface area (Å²) in [6.45, 7) is 7.13. The van der Waals surface area contributed by atoms with E-state index in [0.717, 1.165) is 49.5 Å². The summed E-state index contributed by atoms with van der Waals surface area (Å²) in [6.07, 6.45) is 1.04. The van der Waals surface area contributed by atoms with Crippen LogP contribution in [-0.4, -0.2) is 80.0 Å². The number of esters is 1. The van der Waals surface area contributed by atoms with Gasteiger partial charge in [0.1, 0.15) is 0 Å². The molecule has 2 aliphatic heterocycles. The van der Waals surface area contributed by atoms with Crippen LogP contribution in [0.4, 0.5) is 5.69 Å². The van der Waals surface area contributed by atoms with Crippen molar-refractivity contribution in [2.75, 3.05) is 57.3 Å². The van der Waals surface area contributed by atoms with E-state index in [9.17, 15) is 14.4 Å². The Balaban J connectivity index is 1.16. The lowest BCUT2D eigenvalue weighted by Crippen LogP contribution is -2.47. The molecule has 0 radical (unpaired) electrons. The van der Waals surface area contributed by atoms with Crippen LogP contribution in [0.5, 0.6) is 0 Å². The van der Waals surface area contributed by atoms with Crippen LogP contribution < -0.4 is 10.2 Å². The number of hydrogen-bond donors (Lipinski definition) is 1. The molecule has 8 nitrogen and oxygen atoms in total. The van der Waals surface area contributed by atoms with Crippen LogP contribution in [0.15, 0.2) is 72.8 Å². The second-order valence-corrected chi connectivity index (χ2v) is 11.5. The smallest absolute Gasteiger partial charge is 0.311 e. The Morgan fingerprint density at radius 3 is 2.44 bits per heavy atom. The van der Waals surface area contributed by atoms with Crippen LogP contribution in [0.2, 0.25) is 5.02 Å². The number of piperazine rings is 1. The van der Waals surface area contributed by atoms with Crippen molar-refractivity contribution in [3.05, 3.63) is 100 Å². The topological polar surface area (TPSA) is 82.2 Å². The van der Waals surface area contributed by atoms with Crippen molar-refractivity contribution in [1.29, 1.82) is 0 Å². The number of carbonyl (C=O) groups is 3. The molecule has 3 aromatic carbocycles. The SMILES string of the molecule is CCOC(=O)[C@@H](CNC(=O)CN1CCc2ccc(N3CCN(Cc4ccccc4)CC3)cc2C1=O)Cc1ccccc1Cl. The van der Waals surface area contributed by atoms with Gasteiger partial charge in [0.2, 0.25) is 5.91 Å². The number of anilines is 1. The standard InChI is InChI=1S/C34H39ClN4O4/c1-2-43-34(42)28(20-27-10-6-7-11-31(27)35)22-36-32(40)24-39-15-14-26-12-13-29(21-30(26)33(39)41)38-18-16-37(17-19-38)23-25-8-4-3-5-9-25/h3-13,21,28H,2,14-20,22-24H2,1H3,(H,36,40)/t28-/m1/s1. The Morgan fingerprint density at radius 2 is 1.70 bits per heavy atom. The quantitative estimate of drug-likeness (QED) is 0.331. The molecule has 1 saturated heterocycles. The van der Waals surface area contributed by atoms with E-state index >= 15 is 0 Å². The molecule has 0 spiro atoms. The highest BCUT2D eigenvalue weighted by Crippen LogP contribution is 2.26. The number of hydrogen-bond acceptors (Lipinski definition) is 6. The molecule has 5 rings (SSSR count). The fourth-order valence-electron chi connectivity index (χ4n) is 5.76. The maximum Gasteiger partial charge on any atom is 0.311 e. The van der Waals surface area contributed by atoms with E-state index in [1.165, 1.54) is 5.56 Å². The fraction of sp³-hybridized carbons (Fsp3) is 0.382. The molecule has 3 aromatic rings. The predicted molar refractivity (Wildman–Crippen MR) is 168 cm³/mol. The average molecular weight is 603 g/mol. The van der Waals surface area contributed by atoms with Gasteiger partial charge in [-0.2, -0.15) is 0 Å². The predicted octanol–water partition coefficient (Wildman–Crippen LogP) is 4.20. The van der Waals surface area contributed by atoms with Crippen molar-refractivity contribution in [3.63, 3.8) is 0 Å². The number of nitrogens with zero attached hydrogens (tertiary/aromatic N) is 3. The van der Waals surface area contributed by atoms with Gasteiger partial charge >= 0.3 is 5.97 Å². The van der Waals surface area contributed by atoms with Crippen LogP contribution >= 0.6 is 11.6 Å². The minimum absolute atomic E-state index is 0.0672. The van der Waals surface area contributed by atoms with E-state index in [1.54, 1.807) is 17.9 Å². The van der Waals surface area contributed by atoms with Crippen molar-refractivity contribution in [3.8, 4) is 0 Å². The Bertz CT molecular complexity index is 1420. The van der Waals surface area contributed by atoms with E-state index in [-0.39, 0.29) is 37.5 Å². The Kier molecular flexibility index (Phi) is 10.3. The van der Waals surface area contributed by atoms with Crippen LogP contribution in [0, 0.1) is 5.92 Å². The van der Waals surface area contributed by atoms with Crippen molar-refractivity contribution in [2.45, 2.75) is 26.3 Å². The maximum absolute atomic E-state index is 13.5. The van der Waals surface area contributed by atoms with Crippen LogP contribution in [0.1, 0.15) is 34.0 Å². The highest BCUT2D eigenvalue weighted by atomic mass is 35.5. The molecule has 0 aliphatic carbocycles. The normalized spacial score (nSPS) is 16.0. The summed E-state index contributed by atoms with van der Waals surface area (Å²) in [5.41, 5.74) is 4.83. The molecule has 0 bridgehead atoms. The zero-order chi connectivity index (χ0) is 30.2. The average Bonchev–Trinajstić information content (AvgIpc) is 3.02. The molecule has 1 fully saturated rings. The highest BCUT2D eigenvalue weighted by molar-refractivity contribution is 6.31. The molecule has 43 heavy (non-hydrogen) atoms. The van der Waals surface area contributed by atoms with Gasteiger partial charge in [0.25, 0.3) is 5.91 Å². The summed E-state index contributed by atoms with van der Waals surface area (Å²) < 4.78 is 5.24. The fourth-order valence-corrected chi connectivity index (χ4v) is 5.97. The van der Waals surface area contributed by atoms with E-state index in [4.69, 9.17) is 16.3 Å². The van der Waals surface area contributed by atoms with Crippen molar-refractivity contribution < 1.29 is 19.1 Å². The van der Waals surface area contributed by atoms with E-state index < -0.39 is 5.92 Å². The first-order valence-corrected chi connectivity index (χ1v) is 15.4. The van der Waals surface area contributed by atoms with Crippen LogP contribution in [0.25, 0.3) is 0 Å². The van der Waals surface area contributed by atoms with Gasteiger partial charge in [-0.25, -0.2) is 0 Å². The van der Waals surface area contributed by atoms with Gasteiger partial charge < -0.3 is 19.9 Å². The molecule has 1 atom stereocenters. The van der Waals surface area contributed by atoms with Crippen LogP contribution in [0.3, 0.4) is 0 Å². The zero-order valence-electron chi connectivity index (χ0n) is 24.6.